The largest absolute Gasteiger partial charge is 0.344 e. The van der Waals surface area contributed by atoms with Crippen molar-refractivity contribution < 1.29 is 21.7 Å². The molecule has 0 saturated carbocycles. The van der Waals surface area contributed by atoms with E-state index >= 15 is 0 Å². The quantitative estimate of drug-likeness (QED) is 0.850. The number of thiophene rings is 1. The number of sulfone groups is 1. The van der Waals surface area contributed by atoms with Gasteiger partial charge >= 0.3 is 0 Å². The van der Waals surface area contributed by atoms with Crippen molar-refractivity contribution in [1.29, 1.82) is 0 Å². The van der Waals surface area contributed by atoms with E-state index in [-0.39, 0.29) is 11.5 Å². The van der Waals surface area contributed by atoms with Gasteiger partial charge in [0.2, 0.25) is 9.84 Å². The minimum absolute atomic E-state index is 0.264. The van der Waals surface area contributed by atoms with Gasteiger partial charge in [0.1, 0.15) is 5.69 Å². The Kier molecular flexibility index (Phi) is 4.11. The standard InChI is InChI=1S/C11H9F2NO3S2/c12-10(13)4-2-6-19(15,16)11-7-8(14-17-11)9-3-1-5-18-9/h1,3-5,7H,2,6H2. The lowest BCUT2D eigenvalue weighted by atomic mass is 10.3. The second-order valence-electron chi connectivity index (χ2n) is 3.61. The van der Waals surface area contributed by atoms with Crippen LogP contribution in [0.4, 0.5) is 8.78 Å². The van der Waals surface area contributed by atoms with Gasteiger partial charge in [-0.1, -0.05) is 11.2 Å². The highest BCUT2D eigenvalue weighted by Gasteiger charge is 2.20. The summed E-state index contributed by atoms with van der Waals surface area (Å²) < 4.78 is 52.0. The van der Waals surface area contributed by atoms with E-state index in [1.807, 2.05) is 5.38 Å². The summed E-state index contributed by atoms with van der Waals surface area (Å²) >= 11 is 1.40. The van der Waals surface area contributed by atoms with Crippen LogP contribution in [0.5, 0.6) is 0 Å². The average molecular weight is 305 g/mol. The zero-order valence-corrected chi connectivity index (χ0v) is 11.2. The summed E-state index contributed by atoms with van der Waals surface area (Å²) in [6.07, 6.45) is -1.60. The molecule has 19 heavy (non-hydrogen) atoms. The van der Waals surface area contributed by atoms with E-state index in [2.05, 4.69) is 5.16 Å². The van der Waals surface area contributed by atoms with Crippen molar-refractivity contribution in [2.75, 3.05) is 5.75 Å². The number of aromatic nitrogens is 1. The fourth-order valence-corrected chi connectivity index (χ4v) is 3.12. The van der Waals surface area contributed by atoms with Crippen LogP contribution in [-0.4, -0.2) is 19.3 Å². The molecule has 0 amide bonds. The summed E-state index contributed by atoms with van der Waals surface area (Å²) in [6.45, 7) is 0. The molecule has 0 N–H and O–H groups in total. The van der Waals surface area contributed by atoms with Crippen LogP contribution in [0.1, 0.15) is 6.42 Å². The van der Waals surface area contributed by atoms with E-state index in [1.54, 1.807) is 12.1 Å². The Balaban J connectivity index is 2.16. The summed E-state index contributed by atoms with van der Waals surface area (Å²) in [4.78, 5) is 0.778. The Morgan fingerprint density at radius 2 is 2.26 bits per heavy atom. The van der Waals surface area contributed by atoms with Crippen molar-refractivity contribution in [2.24, 2.45) is 0 Å². The minimum atomic E-state index is -3.73. The molecule has 2 rings (SSSR count). The topological polar surface area (TPSA) is 60.2 Å². The smallest absolute Gasteiger partial charge is 0.266 e. The lowest BCUT2D eigenvalue weighted by Gasteiger charge is -1.95. The fourth-order valence-electron chi connectivity index (χ4n) is 1.37. The normalized spacial score (nSPS) is 11.5. The first-order valence-corrected chi connectivity index (χ1v) is 7.77. The molecule has 0 spiro atoms. The molecule has 2 heterocycles. The number of allylic oxidation sites excluding steroid dienone is 1. The van der Waals surface area contributed by atoms with Gasteiger partial charge in [-0.2, -0.15) is 8.78 Å². The average Bonchev–Trinajstić information content (AvgIpc) is 2.99. The highest BCUT2D eigenvalue weighted by atomic mass is 32.2. The second kappa shape index (κ2) is 5.62. The number of hydrogen-bond donors (Lipinski definition) is 0. The Bertz CT molecular complexity index is 671. The summed E-state index contributed by atoms with van der Waals surface area (Å²) in [5, 5.41) is 5.18. The highest BCUT2D eigenvalue weighted by molar-refractivity contribution is 7.91. The molecular formula is C11H9F2NO3S2. The third-order valence-electron chi connectivity index (χ3n) is 2.25. The van der Waals surface area contributed by atoms with Gasteiger partial charge in [0.05, 0.1) is 10.6 Å². The van der Waals surface area contributed by atoms with E-state index in [4.69, 9.17) is 4.52 Å². The third kappa shape index (κ3) is 3.48. The van der Waals surface area contributed by atoms with Crippen molar-refractivity contribution in [3.05, 3.63) is 35.7 Å². The number of rotatable bonds is 5. The molecule has 0 atom stereocenters. The van der Waals surface area contributed by atoms with Gasteiger partial charge in [-0.3, -0.25) is 0 Å². The van der Waals surface area contributed by atoms with E-state index in [9.17, 15) is 17.2 Å². The molecule has 102 valence electrons. The lowest BCUT2D eigenvalue weighted by Crippen LogP contribution is -2.04. The molecule has 0 aromatic carbocycles. The summed E-state index contributed by atoms with van der Waals surface area (Å²) in [5.41, 5.74) is 0.417. The second-order valence-corrected chi connectivity index (χ2v) is 6.60. The predicted molar refractivity (Wildman–Crippen MR) is 66.8 cm³/mol. The first kappa shape index (κ1) is 13.9. The van der Waals surface area contributed by atoms with Gasteiger partial charge in [0.15, 0.2) is 0 Å². The van der Waals surface area contributed by atoms with Crippen molar-refractivity contribution in [3.8, 4) is 10.6 Å². The van der Waals surface area contributed by atoms with Crippen LogP contribution in [0, 0.1) is 0 Å². The monoisotopic (exact) mass is 305 g/mol. The fraction of sp³-hybridized carbons (Fsp3) is 0.182. The molecule has 8 heteroatoms. The van der Waals surface area contributed by atoms with Gasteiger partial charge in [-0.05, 0) is 23.9 Å². The van der Waals surface area contributed by atoms with Crippen molar-refractivity contribution in [3.63, 3.8) is 0 Å². The lowest BCUT2D eigenvalue weighted by molar-refractivity contribution is 0.341. The molecule has 4 nitrogen and oxygen atoms in total. The van der Waals surface area contributed by atoms with Crippen LogP contribution in [0.3, 0.4) is 0 Å². The summed E-state index contributed by atoms with van der Waals surface area (Å²) in [5.74, 6) is -0.441. The predicted octanol–water partition coefficient (Wildman–Crippen LogP) is 3.35. The maximum absolute atomic E-state index is 11.8. The van der Waals surface area contributed by atoms with Crippen LogP contribution in [0.2, 0.25) is 0 Å². The molecular weight excluding hydrogens is 296 g/mol. The molecule has 0 radical (unpaired) electrons. The molecule has 0 aliphatic rings. The van der Waals surface area contributed by atoms with Crippen molar-refractivity contribution >= 4 is 21.2 Å². The molecule has 2 aromatic heterocycles. The Labute approximate surface area is 112 Å². The molecule has 0 fully saturated rings. The molecule has 2 aromatic rings. The first-order chi connectivity index (χ1) is 8.99. The Hall–Kier alpha value is -1.54. The maximum Gasteiger partial charge on any atom is 0.266 e. The SMILES string of the molecule is O=S(=O)(CCC=C(F)F)c1cc(-c2cccs2)no1. The molecule has 0 unspecified atom stereocenters. The van der Waals surface area contributed by atoms with E-state index in [0.29, 0.717) is 11.8 Å². The molecule has 0 bridgehead atoms. The van der Waals surface area contributed by atoms with Crippen molar-refractivity contribution in [1.82, 2.24) is 5.16 Å². The van der Waals surface area contributed by atoms with Crippen LogP contribution in [0.15, 0.2) is 45.4 Å². The number of hydrogen-bond acceptors (Lipinski definition) is 5. The molecule has 0 aliphatic heterocycles. The zero-order valence-electron chi connectivity index (χ0n) is 9.55. The van der Waals surface area contributed by atoms with Crippen molar-refractivity contribution in [2.45, 2.75) is 11.5 Å². The van der Waals surface area contributed by atoms with Gasteiger partial charge < -0.3 is 4.52 Å². The van der Waals surface area contributed by atoms with Crippen LogP contribution < -0.4 is 0 Å². The Morgan fingerprint density at radius 3 is 2.89 bits per heavy atom. The maximum atomic E-state index is 11.8. The summed E-state index contributed by atoms with van der Waals surface area (Å²) in [6, 6.07) is 4.88. The zero-order chi connectivity index (χ0) is 13.9. The molecule has 0 aliphatic carbocycles. The van der Waals surface area contributed by atoms with E-state index in [0.717, 1.165) is 4.88 Å². The third-order valence-corrected chi connectivity index (χ3v) is 4.72. The minimum Gasteiger partial charge on any atom is -0.344 e. The van der Waals surface area contributed by atoms with Crippen LogP contribution >= 0.6 is 11.3 Å². The first-order valence-electron chi connectivity index (χ1n) is 5.23. The summed E-state index contributed by atoms with van der Waals surface area (Å²) in [7, 11) is -3.73. The number of halogens is 2. The van der Waals surface area contributed by atoms with Gasteiger partial charge in [-0.25, -0.2) is 8.42 Å². The van der Waals surface area contributed by atoms with E-state index in [1.165, 1.54) is 17.4 Å². The molecule has 0 saturated heterocycles. The number of nitrogens with zero attached hydrogens (tertiary/aromatic N) is 1. The van der Waals surface area contributed by atoms with Crippen LogP contribution in [0.25, 0.3) is 10.6 Å². The van der Waals surface area contributed by atoms with E-state index < -0.39 is 21.7 Å². The van der Waals surface area contributed by atoms with Gasteiger partial charge in [0, 0.05) is 6.07 Å². The Morgan fingerprint density at radius 1 is 1.47 bits per heavy atom. The van der Waals surface area contributed by atoms with Gasteiger partial charge in [-0.15, -0.1) is 11.3 Å². The van der Waals surface area contributed by atoms with Gasteiger partial charge in [0.25, 0.3) is 11.2 Å². The highest BCUT2D eigenvalue weighted by Crippen LogP contribution is 2.26. The van der Waals surface area contributed by atoms with Crippen LogP contribution in [-0.2, 0) is 9.84 Å².